The molecule has 2 rings (SSSR count). The van der Waals surface area contributed by atoms with Crippen molar-refractivity contribution in [3.63, 3.8) is 0 Å². The van der Waals surface area contributed by atoms with Gasteiger partial charge in [0.25, 0.3) is 0 Å². The fraction of sp³-hybridized carbons (Fsp3) is 0.412. The average molecular weight is 361 g/mol. The first-order valence-corrected chi connectivity index (χ1v) is 8.89. The van der Waals surface area contributed by atoms with Crippen LogP contribution in [0.1, 0.15) is 20.8 Å². The van der Waals surface area contributed by atoms with Crippen LogP contribution in [-0.4, -0.2) is 56.8 Å². The molecule has 8 heteroatoms. The lowest BCUT2D eigenvalue weighted by Crippen LogP contribution is -2.46. The van der Waals surface area contributed by atoms with Gasteiger partial charge in [-0.1, -0.05) is 42.1 Å². The van der Waals surface area contributed by atoms with Gasteiger partial charge in [-0.3, -0.25) is 14.7 Å². The first-order chi connectivity index (χ1) is 11.7. The zero-order valence-corrected chi connectivity index (χ0v) is 15.7. The van der Waals surface area contributed by atoms with Crippen molar-refractivity contribution in [3.8, 4) is 11.4 Å². The van der Waals surface area contributed by atoms with Crippen molar-refractivity contribution in [2.75, 3.05) is 19.3 Å². The van der Waals surface area contributed by atoms with Gasteiger partial charge < -0.3 is 10.2 Å². The maximum Gasteiger partial charge on any atom is 0.240 e. The predicted octanol–water partition coefficient (Wildman–Crippen LogP) is 1.94. The van der Waals surface area contributed by atoms with Gasteiger partial charge in [0.15, 0.2) is 5.82 Å². The SMILES string of the molecule is CN(CC(=O)NC(C)(C)C)C(=O)CSc1n[nH]c(-c2ccccc2)n1. The summed E-state index contributed by atoms with van der Waals surface area (Å²) < 4.78 is 0. The van der Waals surface area contributed by atoms with Crippen molar-refractivity contribution in [3.05, 3.63) is 30.3 Å². The first-order valence-electron chi connectivity index (χ1n) is 7.90. The molecule has 134 valence electrons. The topological polar surface area (TPSA) is 91.0 Å². The fourth-order valence-corrected chi connectivity index (χ4v) is 2.77. The van der Waals surface area contributed by atoms with Crippen molar-refractivity contribution in [2.24, 2.45) is 0 Å². The maximum atomic E-state index is 12.2. The Hall–Kier alpha value is -2.35. The van der Waals surface area contributed by atoms with Crippen LogP contribution >= 0.6 is 11.8 Å². The van der Waals surface area contributed by atoms with Gasteiger partial charge in [-0.15, -0.1) is 5.10 Å². The maximum absolute atomic E-state index is 12.2. The van der Waals surface area contributed by atoms with Gasteiger partial charge in [0.05, 0.1) is 12.3 Å². The van der Waals surface area contributed by atoms with Crippen molar-refractivity contribution in [1.29, 1.82) is 0 Å². The lowest BCUT2D eigenvalue weighted by molar-refractivity contribution is -0.133. The van der Waals surface area contributed by atoms with Gasteiger partial charge in [-0.25, -0.2) is 4.98 Å². The molecule has 0 aliphatic rings. The standard InChI is InChI=1S/C17H23N5O2S/c1-17(2,3)19-13(23)10-22(4)14(24)11-25-16-18-15(20-21-16)12-8-6-5-7-9-12/h5-9H,10-11H2,1-4H3,(H,19,23)(H,18,20,21). The number of aromatic amines is 1. The van der Waals surface area contributed by atoms with E-state index in [4.69, 9.17) is 0 Å². The molecule has 0 saturated heterocycles. The average Bonchev–Trinajstić information content (AvgIpc) is 3.00. The van der Waals surface area contributed by atoms with Gasteiger partial charge in [0.1, 0.15) is 0 Å². The second-order valence-corrected chi connectivity index (χ2v) is 7.61. The van der Waals surface area contributed by atoms with Gasteiger partial charge in [-0.2, -0.15) is 0 Å². The van der Waals surface area contributed by atoms with Crippen LogP contribution in [0.25, 0.3) is 11.4 Å². The summed E-state index contributed by atoms with van der Waals surface area (Å²) in [5, 5.41) is 10.3. The zero-order chi connectivity index (χ0) is 18.4. The summed E-state index contributed by atoms with van der Waals surface area (Å²) in [5.74, 6) is 0.497. The number of rotatable bonds is 6. The monoisotopic (exact) mass is 361 g/mol. The van der Waals surface area contributed by atoms with Crippen LogP contribution in [-0.2, 0) is 9.59 Å². The molecule has 2 aromatic rings. The Morgan fingerprint density at radius 3 is 2.56 bits per heavy atom. The number of carbonyl (C=O) groups is 2. The van der Waals surface area contributed by atoms with E-state index in [0.717, 1.165) is 5.56 Å². The molecule has 1 aromatic heterocycles. The predicted molar refractivity (Wildman–Crippen MR) is 98.1 cm³/mol. The summed E-state index contributed by atoms with van der Waals surface area (Å²) >= 11 is 1.24. The molecule has 25 heavy (non-hydrogen) atoms. The number of thioether (sulfide) groups is 1. The molecule has 0 aliphatic carbocycles. The Labute approximate surface area is 151 Å². The molecule has 0 atom stereocenters. The molecule has 0 fully saturated rings. The molecular formula is C17H23N5O2S. The molecule has 2 amide bonds. The molecule has 7 nitrogen and oxygen atoms in total. The number of likely N-dealkylation sites (N-methyl/N-ethyl adjacent to an activating group) is 1. The Morgan fingerprint density at radius 2 is 1.92 bits per heavy atom. The van der Waals surface area contributed by atoms with Crippen LogP contribution in [0.15, 0.2) is 35.5 Å². The fourth-order valence-electron chi connectivity index (χ4n) is 2.03. The number of nitrogens with one attached hydrogen (secondary N) is 2. The summed E-state index contributed by atoms with van der Waals surface area (Å²) in [4.78, 5) is 29.8. The number of benzene rings is 1. The number of amides is 2. The van der Waals surface area contributed by atoms with Crippen LogP contribution in [0.5, 0.6) is 0 Å². The van der Waals surface area contributed by atoms with E-state index in [0.29, 0.717) is 11.0 Å². The third-order valence-corrected chi connectivity index (χ3v) is 3.99. The number of H-pyrrole nitrogens is 1. The molecule has 2 N–H and O–H groups in total. The van der Waals surface area contributed by atoms with E-state index in [2.05, 4.69) is 20.5 Å². The van der Waals surface area contributed by atoms with E-state index >= 15 is 0 Å². The van der Waals surface area contributed by atoms with Crippen LogP contribution in [0, 0.1) is 0 Å². The van der Waals surface area contributed by atoms with Crippen LogP contribution in [0.3, 0.4) is 0 Å². The number of nitrogens with zero attached hydrogens (tertiary/aromatic N) is 3. The summed E-state index contributed by atoms with van der Waals surface area (Å²) in [6, 6.07) is 9.64. The quantitative estimate of drug-likeness (QED) is 0.767. The molecule has 0 unspecified atom stereocenters. The highest BCUT2D eigenvalue weighted by atomic mass is 32.2. The smallest absolute Gasteiger partial charge is 0.240 e. The van der Waals surface area contributed by atoms with Gasteiger partial charge in [0, 0.05) is 18.2 Å². The minimum absolute atomic E-state index is 0.0277. The number of aromatic nitrogens is 3. The van der Waals surface area contributed by atoms with Crippen molar-refractivity contribution in [2.45, 2.75) is 31.5 Å². The van der Waals surface area contributed by atoms with E-state index in [-0.39, 0.29) is 29.7 Å². The molecule has 0 saturated carbocycles. The second-order valence-electron chi connectivity index (χ2n) is 6.67. The number of hydrogen-bond acceptors (Lipinski definition) is 5. The number of carbonyl (C=O) groups excluding carboxylic acids is 2. The van der Waals surface area contributed by atoms with Gasteiger partial charge >= 0.3 is 0 Å². The summed E-state index contributed by atoms with van der Waals surface area (Å²) in [6.45, 7) is 5.72. The molecule has 1 aromatic carbocycles. The molecule has 0 radical (unpaired) electrons. The Balaban J connectivity index is 1.84. The van der Waals surface area contributed by atoms with Crippen LogP contribution < -0.4 is 5.32 Å². The number of hydrogen-bond donors (Lipinski definition) is 2. The largest absolute Gasteiger partial charge is 0.350 e. The van der Waals surface area contributed by atoms with Gasteiger partial charge in [0.2, 0.25) is 17.0 Å². The van der Waals surface area contributed by atoms with Crippen molar-refractivity contribution in [1.82, 2.24) is 25.4 Å². The Kier molecular flexibility index (Phi) is 6.19. The van der Waals surface area contributed by atoms with Crippen LogP contribution in [0.2, 0.25) is 0 Å². The highest BCUT2D eigenvalue weighted by Crippen LogP contribution is 2.18. The van der Waals surface area contributed by atoms with E-state index < -0.39 is 0 Å². The Morgan fingerprint density at radius 1 is 1.24 bits per heavy atom. The summed E-state index contributed by atoms with van der Waals surface area (Å²) in [6.07, 6.45) is 0. The third-order valence-electron chi connectivity index (χ3n) is 3.16. The van der Waals surface area contributed by atoms with E-state index in [1.54, 1.807) is 7.05 Å². The first kappa shape index (κ1) is 19.0. The van der Waals surface area contributed by atoms with E-state index in [9.17, 15) is 9.59 Å². The molecule has 0 spiro atoms. The van der Waals surface area contributed by atoms with Crippen LogP contribution in [0.4, 0.5) is 0 Å². The molecule has 1 heterocycles. The Bertz CT molecular complexity index is 724. The molecular weight excluding hydrogens is 338 g/mol. The normalized spacial score (nSPS) is 11.2. The minimum Gasteiger partial charge on any atom is -0.350 e. The summed E-state index contributed by atoms with van der Waals surface area (Å²) in [5.41, 5.74) is 0.617. The molecule has 0 aliphatic heterocycles. The minimum atomic E-state index is -0.317. The lowest BCUT2D eigenvalue weighted by Gasteiger charge is -2.23. The van der Waals surface area contributed by atoms with E-state index in [1.165, 1.54) is 16.7 Å². The highest BCUT2D eigenvalue weighted by molar-refractivity contribution is 7.99. The van der Waals surface area contributed by atoms with Crippen molar-refractivity contribution < 1.29 is 9.59 Å². The van der Waals surface area contributed by atoms with Gasteiger partial charge in [-0.05, 0) is 20.8 Å². The third kappa shape index (κ3) is 6.22. The molecule has 0 bridgehead atoms. The summed E-state index contributed by atoms with van der Waals surface area (Å²) in [7, 11) is 1.61. The second kappa shape index (κ2) is 8.15. The van der Waals surface area contributed by atoms with E-state index in [1.807, 2.05) is 51.1 Å². The highest BCUT2D eigenvalue weighted by Gasteiger charge is 2.18. The van der Waals surface area contributed by atoms with Crippen molar-refractivity contribution >= 4 is 23.6 Å². The zero-order valence-electron chi connectivity index (χ0n) is 14.9. The lowest BCUT2D eigenvalue weighted by atomic mass is 10.1.